The summed E-state index contributed by atoms with van der Waals surface area (Å²) >= 11 is 1.54. The van der Waals surface area contributed by atoms with E-state index in [9.17, 15) is 4.79 Å². The van der Waals surface area contributed by atoms with Gasteiger partial charge >= 0.3 is 6.03 Å². The molecule has 0 bridgehead atoms. The lowest BCUT2D eigenvalue weighted by atomic mass is 10.0. The van der Waals surface area contributed by atoms with E-state index in [0.29, 0.717) is 11.0 Å². The fraction of sp³-hybridized carbons (Fsp3) is 0.667. The van der Waals surface area contributed by atoms with Gasteiger partial charge in [-0.2, -0.15) is 0 Å². The Labute approximate surface area is 106 Å². The Bertz CT molecular complexity index is 396. The van der Waals surface area contributed by atoms with Crippen LogP contribution < -0.4 is 5.32 Å². The third-order valence-electron chi connectivity index (χ3n) is 3.19. The normalized spacial score (nSPS) is 20.4. The predicted octanol–water partition coefficient (Wildman–Crippen LogP) is 3.02. The first kappa shape index (κ1) is 12.4. The highest BCUT2D eigenvalue weighted by atomic mass is 32.1. The van der Waals surface area contributed by atoms with Crippen LogP contribution in [0.5, 0.6) is 0 Å². The molecule has 0 spiro atoms. The number of thiazole rings is 1. The smallest absolute Gasteiger partial charge is 0.323 e. The minimum Gasteiger partial charge on any atom is -0.324 e. The van der Waals surface area contributed by atoms with Gasteiger partial charge in [0.25, 0.3) is 0 Å². The van der Waals surface area contributed by atoms with Gasteiger partial charge in [-0.15, -0.1) is 11.3 Å². The van der Waals surface area contributed by atoms with Gasteiger partial charge in [0.05, 0.1) is 5.69 Å². The summed E-state index contributed by atoms with van der Waals surface area (Å²) in [6.07, 6.45) is 2.32. The SMILES string of the molecule is Cc1nc(NC(=O)N2CCCC(C)C2)sc1C. The maximum atomic E-state index is 12.0. The molecule has 0 radical (unpaired) electrons. The molecular weight excluding hydrogens is 234 g/mol. The van der Waals surface area contributed by atoms with Crippen LogP contribution in [0.4, 0.5) is 9.93 Å². The number of likely N-dealkylation sites (tertiary alicyclic amines) is 1. The average molecular weight is 253 g/mol. The van der Waals surface area contributed by atoms with Crippen LogP contribution in [0, 0.1) is 19.8 Å². The Morgan fingerprint density at radius 2 is 2.29 bits per heavy atom. The highest BCUT2D eigenvalue weighted by Gasteiger charge is 2.21. The van der Waals surface area contributed by atoms with Gasteiger partial charge in [-0.1, -0.05) is 6.92 Å². The molecule has 1 N–H and O–H groups in total. The maximum Gasteiger partial charge on any atom is 0.323 e. The predicted molar refractivity (Wildman–Crippen MR) is 70.6 cm³/mol. The van der Waals surface area contributed by atoms with Crippen molar-refractivity contribution >= 4 is 22.5 Å². The van der Waals surface area contributed by atoms with Crippen LogP contribution in [-0.4, -0.2) is 29.0 Å². The van der Waals surface area contributed by atoms with E-state index in [1.54, 1.807) is 0 Å². The highest BCUT2D eigenvalue weighted by Crippen LogP contribution is 2.22. The molecule has 0 aliphatic carbocycles. The van der Waals surface area contributed by atoms with Gasteiger partial charge in [-0.25, -0.2) is 9.78 Å². The molecule has 1 aromatic heterocycles. The number of hydrogen-bond acceptors (Lipinski definition) is 3. The van der Waals surface area contributed by atoms with E-state index in [1.807, 2.05) is 18.7 Å². The van der Waals surface area contributed by atoms with Gasteiger partial charge in [-0.3, -0.25) is 5.32 Å². The Hall–Kier alpha value is -1.10. The average Bonchev–Trinajstić information content (AvgIpc) is 2.58. The van der Waals surface area contributed by atoms with E-state index in [2.05, 4.69) is 17.2 Å². The van der Waals surface area contributed by atoms with Crippen LogP contribution in [0.3, 0.4) is 0 Å². The topological polar surface area (TPSA) is 45.2 Å². The van der Waals surface area contributed by atoms with Crippen molar-refractivity contribution in [2.45, 2.75) is 33.6 Å². The van der Waals surface area contributed by atoms with Crippen LogP contribution >= 0.6 is 11.3 Å². The molecule has 2 heterocycles. The zero-order valence-corrected chi connectivity index (χ0v) is 11.4. The lowest BCUT2D eigenvalue weighted by Crippen LogP contribution is -2.41. The number of rotatable bonds is 1. The summed E-state index contributed by atoms with van der Waals surface area (Å²) in [6, 6.07) is -0.00898. The fourth-order valence-electron chi connectivity index (χ4n) is 2.07. The fourth-order valence-corrected chi connectivity index (χ4v) is 2.87. The summed E-state index contributed by atoms with van der Waals surface area (Å²) in [5.74, 6) is 0.606. The lowest BCUT2D eigenvalue weighted by Gasteiger charge is -2.30. The Kier molecular flexibility index (Phi) is 3.66. The van der Waals surface area contributed by atoms with Crippen molar-refractivity contribution < 1.29 is 4.79 Å². The van der Waals surface area contributed by atoms with Gasteiger partial charge < -0.3 is 4.90 Å². The Morgan fingerprint density at radius 3 is 2.88 bits per heavy atom. The number of piperidine rings is 1. The quantitative estimate of drug-likeness (QED) is 0.836. The zero-order chi connectivity index (χ0) is 12.4. The second kappa shape index (κ2) is 5.04. The van der Waals surface area contributed by atoms with E-state index in [4.69, 9.17) is 0 Å². The highest BCUT2D eigenvalue weighted by molar-refractivity contribution is 7.15. The number of carbonyl (C=O) groups excluding carboxylic acids is 1. The Balaban J connectivity index is 1.96. The first-order valence-corrected chi connectivity index (χ1v) is 6.88. The van der Waals surface area contributed by atoms with E-state index in [0.717, 1.165) is 30.1 Å². The summed E-state index contributed by atoms with van der Waals surface area (Å²) in [5, 5.41) is 3.60. The molecule has 1 unspecified atom stereocenters. The minimum absolute atomic E-state index is 0.00898. The van der Waals surface area contributed by atoms with E-state index in [-0.39, 0.29) is 6.03 Å². The summed E-state index contributed by atoms with van der Waals surface area (Å²) in [5.41, 5.74) is 0.998. The van der Waals surface area contributed by atoms with Crippen molar-refractivity contribution in [3.8, 4) is 0 Å². The number of nitrogens with one attached hydrogen (secondary N) is 1. The number of carbonyl (C=O) groups is 1. The van der Waals surface area contributed by atoms with Gasteiger partial charge in [0.2, 0.25) is 0 Å². The van der Waals surface area contributed by atoms with Crippen LogP contribution in [0.15, 0.2) is 0 Å². The maximum absolute atomic E-state index is 12.0. The molecule has 0 aromatic carbocycles. The van der Waals surface area contributed by atoms with Gasteiger partial charge in [0.1, 0.15) is 0 Å². The summed E-state index contributed by atoms with van der Waals surface area (Å²) < 4.78 is 0. The summed E-state index contributed by atoms with van der Waals surface area (Å²) in [7, 11) is 0. The molecule has 5 heteroatoms. The minimum atomic E-state index is -0.00898. The third-order valence-corrected chi connectivity index (χ3v) is 4.17. The zero-order valence-electron chi connectivity index (χ0n) is 10.6. The van der Waals surface area contributed by atoms with Crippen molar-refractivity contribution in [3.05, 3.63) is 10.6 Å². The molecule has 1 fully saturated rings. The first-order chi connectivity index (χ1) is 8.06. The van der Waals surface area contributed by atoms with Crippen LogP contribution in [-0.2, 0) is 0 Å². The second-order valence-corrected chi connectivity index (χ2v) is 5.99. The molecule has 1 aromatic rings. The van der Waals surface area contributed by atoms with Crippen molar-refractivity contribution in [1.29, 1.82) is 0 Å². The molecule has 0 saturated carbocycles. The summed E-state index contributed by atoms with van der Waals surface area (Å²) in [6.45, 7) is 7.89. The third kappa shape index (κ3) is 2.97. The standard InChI is InChI=1S/C12H19N3OS/c1-8-5-4-6-15(7-8)12(16)14-11-13-9(2)10(3)17-11/h8H,4-7H2,1-3H3,(H,13,14,16). The molecule has 17 heavy (non-hydrogen) atoms. The number of urea groups is 1. The number of hydrogen-bond donors (Lipinski definition) is 1. The largest absolute Gasteiger partial charge is 0.324 e. The summed E-state index contributed by atoms with van der Waals surface area (Å²) in [4.78, 5) is 19.4. The number of anilines is 1. The van der Waals surface area contributed by atoms with Crippen molar-refractivity contribution in [2.75, 3.05) is 18.4 Å². The van der Waals surface area contributed by atoms with Gasteiger partial charge in [0.15, 0.2) is 5.13 Å². The molecule has 1 aliphatic rings. The molecule has 2 amide bonds. The number of amides is 2. The van der Waals surface area contributed by atoms with E-state index >= 15 is 0 Å². The first-order valence-electron chi connectivity index (χ1n) is 6.06. The molecular formula is C12H19N3OS. The van der Waals surface area contributed by atoms with Gasteiger partial charge in [-0.05, 0) is 32.6 Å². The molecule has 1 saturated heterocycles. The molecule has 1 aliphatic heterocycles. The second-order valence-electron chi connectivity index (χ2n) is 4.78. The molecule has 2 rings (SSSR count). The van der Waals surface area contributed by atoms with Crippen LogP contribution in [0.25, 0.3) is 0 Å². The number of aromatic nitrogens is 1. The van der Waals surface area contributed by atoms with E-state index in [1.165, 1.54) is 17.8 Å². The van der Waals surface area contributed by atoms with E-state index < -0.39 is 0 Å². The molecule has 94 valence electrons. The van der Waals surface area contributed by atoms with Crippen molar-refractivity contribution in [3.63, 3.8) is 0 Å². The number of nitrogens with zero attached hydrogens (tertiary/aromatic N) is 2. The van der Waals surface area contributed by atoms with Gasteiger partial charge in [0, 0.05) is 18.0 Å². The van der Waals surface area contributed by atoms with Crippen molar-refractivity contribution in [1.82, 2.24) is 9.88 Å². The van der Waals surface area contributed by atoms with Crippen LogP contribution in [0.2, 0.25) is 0 Å². The monoisotopic (exact) mass is 253 g/mol. The Morgan fingerprint density at radius 1 is 1.53 bits per heavy atom. The number of aryl methyl sites for hydroxylation is 2. The van der Waals surface area contributed by atoms with Crippen LogP contribution in [0.1, 0.15) is 30.3 Å². The molecule has 1 atom stereocenters. The molecule has 4 nitrogen and oxygen atoms in total. The lowest BCUT2D eigenvalue weighted by molar-refractivity contribution is 0.182. The van der Waals surface area contributed by atoms with Crippen molar-refractivity contribution in [2.24, 2.45) is 5.92 Å².